The molecule has 1 aliphatic heterocycles. The lowest BCUT2D eigenvalue weighted by molar-refractivity contribution is 0.171. The largest absolute Gasteiger partial charge is 0.486 e. The van der Waals surface area contributed by atoms with E-state index < -0.39 is 0 Å². The van der Waals surface area contributed by atoms with Crippen molar-refractivity contribution in [3.8, 4) is 22.8 Å². The first-order chi connectivity index (χ1) is 9.79. The fourth-order valence-electron chi connectivity index (χ4n) is 2.37. The van der Waals surface area contributed by atoms with E-state index in [9.17, 15) is 0 Å². The molecule has 4 nitrogen and oxygen atoms in total. The zero-order valence-corrected chi connectivity index (χ0v) is 12.1. The van der Waals surface area contributed by atoms with E-state index in [1.807, 2.05) is 18.2 Å². The molecule has 3 rings (SSSR count). The Kier molecular flexibility index (Phi) is 3.69. The van der Waals surface area contributed by atoms with Crippen molar-refractivity contribution in [2.24, 2.45) is 0 Å². The normalized spacial score (nSPS) is 13.2. The molecule has 1 aromatic carbocycles. The van der Waals surface area contributed by atoms with Crippen molar-refractivity contribution in [2.45, 2.75) is 19.8 Å². The van der Waals surface area contributed by atoms with Crippen LogP contribution in [-0.4, -0.2) is 23.2 Å². The highest BCUT2D eigenvalue weighted by molar-refractivity contribution is 7.71. The second kappa shape index (κ2) is 5.63. The van der Waals surface area contributed by atoms with Gasteiger partial charge in [-0.2, -0.15) is 0 Å². The zero-order valence-electron chi connectivity index (χ0n) is 11.3. The van der Waals surface area contributed by atoms with Crippen LogP contribution in [0.25, 0.3) is 11.3 Å². The van der Waals surface area contributed by atoms with Crippen molar-refractivity contribution in [1.82, 2.24) is 9.97 Å². The predicted molar refractivity (Wildman–Crippen MR) is 79.8 cm³/mol. The highest BCUT2D eigenvalue weighted by atomic mass is 32.1. The SMILES string of the molecule is CCCc1c(-c2ccc3c(c2)OCCO3)[nH]cnc1=S. The minimum absolute atomic E-state index is 0.588. The van der Waals surface area contributed by atoms with E-state index in [0.717, 1.165) is 41.2 Å². The monoisotopic (exact) mass is 288 g/mol. The first-order valence-electron chi connectivity index (χ1n) is 6.76. The molecule has 2 aromatic rings. The molecule has 1 aliphatic rings. The summed E-state index contributed by atoms with van der Waals surface area (Å²) < 4.78 is 11.8. The standard InChI is InChI=1S/C15H16N2O2S/c1-2-3-11-14(16-9-17-15(11)20)10-4-5-12-13(8-10)19-7-6-18-12/h4-5,8-9H,2-3,6-7H2,1H3,(H,16,17,20). The van der Waals surface area contributed by atoms with Crippen LogP contribution in [0.4, 0.5) is 0 Å². The van der Waals surface area contributed by atoms with Crippen LogP contribution in [0.15, 0.2) is 24.5 Å². The molecule has 1 N–H and O–H groups in total. The third-order valence-electron chi connectivity index (χ3n) is 3.28. The van der Waals surface area contributed by atoms with Crippen LogP contribution in [0.3, 0.4) is 0 Å². The summed E-state index contributed by atoms with van der Waals surface area (Å²) in [7, 11) is 0. The maximum atomic E-state index is 5.64. The zero-order chi connectivity index (χ0) is 13.9. The number of rotatable bonds is 3. The molecule has 0 fully saturated rings. The van der Waals surface area contributed by atoms with E-state index in [2.05, 4.69) is 16.9 Å². The molecular formula is C15H16N2O2S. The Balaban J connectivity index is 2.09. The summed E-state index contributed by atoms with van der Waals surface area (Å²) in [6.07, 6.45) is 3.58. The third kappa shape index (κ3) is 2.41. The third-order valence-corrected chi connectivity index (χ3v) is 3.63. The maximum absolute atomic E-state index is 5.64. The summed E-state index contributed by atoms with van der Waals surface area (Å²) in [5.41, 5.74) is 3.15. The van der Waals surface area contributed by atoms with E-state index >= 15 is 0 Å². The summed E-state index contributed by atoms with van der Waals surface area (Å²) >= 11 is 5.34. The van der Waals surface area contributed by atoms with E-state index in [0.29, 0.717) is 17.9 Å². The topological polar surface area (TPSA) is 47.1 Å². The lowest BCUT2D eigenvalue weighted by Gasteiger charge is -2.19. The molecule has 104 valence electrons. The number of aromatic nitrogens is 2. The predicted octanol–water partition coefficient (Wildman–Crippen LogP) is 3.53. The smallest absolute Gasteiger partial charge is 0.162 e. The number of H-pyrrole nitrogens is 1. The summed E-state index contributed by atoms with van der Waals surface area (Å²) in [6.45, 7) is 3.32. The van der Waals surface area contributed by atoms with Crippen LogP contribution in [0.5, 0.6) is 11.5 Å². The molecule has 0 saturated heterocycles. The van der Waals surface area contributed by atoms with E-state index in [-0.39, 0.29) is 0 Å². The number of benzene rings is 1. The Morgan fingerprint density at radius 3 is 2.85 bits per heavy atom. The number of fused-ring (bicyclic) bond motifs is 1. The lowest BCUT2D eigenvalue weighted by Crippen LogP contribution is -2.15. The quantitative estimate of drug-likeness (QED) is 0.878. The second-order valence-electron chi connectivity index (χ2n) is 4.67. The van der Waals surface area contributed by atoms with Gasteiger partial charge in [-0.15, -0.1) is 0 Å². The summed E-state index contributed by atoms with van der Waals surface area (Å²) in [6, 6.07) is 5.96. The van der Waals surface area contributed by atoms with Crippen molar-refractivity contribution in [1.29, 1.82) is 0 Å². The van der Waals surface area contributed by atoms with Crippen LogP contribution >= 0.6 is 12.2 Å². The van der Waals surface area contributed by atoms with Crippen LogP contribution in [0.2, 0.25) is 0 Å². The fourth-order valence-corrected chi connectivity index (χ4v) is 2.62. The highest BCUT2D eigenvalue weighted by Gasteiger charge is 2.14. The van der Waals surface area contributed by atoms with Crippen LogP contribution < -0.4 is 9.47 Å². The maximum Gasteiger partial charge on any atom is 0.162 e. The molecule has 0 radical (unpaired) electrons. The minimum Gasteiger partial charge on any atom is -0.486 e. The molecule has 0 unspecified atom stereocenters. The lowest BCUT2D eigenvalue weighted by atomic mass is 10.0. The molecule has 1 aromatic heterocycles. The van der Waals surface area contributed by atoms with Gasteiger partial charge in [0.15, 0.2) is 11.5 Å². The fraction of sp³-hybridized carbons (Fsp3) is 0.333. The van der Waals surface area contributed by atoms with Gasteiger partial charge in [0.2, 0.25) is 0 Å². The molecule has 2 heterocycles. The number of nitrogens with zero attached hydrogens (tertiary/aromatic N) is 1. The van der Waals surface area contributed by atoms with Gasteiger partial charge in [0.1, 0.15) is 17.9 Å². The number of hydrogen-bond acceptors (Lipinski definition) is 4. The first-order valence-corrected chi connectivity index (χ1v) is 7.17. The molecule has 0 bridgehead atoms. The average Bonchev–Trinajstić information content (AvgIpc) is 2.49. The number of aromatic amines is 1. The van der Waals surface area contributed by atoms with Gasteiger partial charge in [-0.25, -0.2) is 4.98 Å². The van der Waals surface area contributed by atoms with E-state index in [4.69, 9.17) is 21.7 Å². The second-order valence-corrected chi connectivity index (χ2v) is 5.06. The number of nitrogens with one attached hydrogen (secondary N) is 1. The van der Waals surface area contributed by atoms with Crippen molar-refractivity contribution < 1.29 is 9.47 Å². The molecule has 5 heteroatoms. The highest BCUT2D eigenvalue weighted by Crippen LogP contribution is 2.35. The molecule has 0 amide bonds. The Morgan fingerprint density at radius 1 is 1.25 bits per heavy atom. The molecule has 0 aliphatic carbocycles. The Morgan fingerprint density at radius 2 is 2.05 bits per heavy atom. The van der Waals surface area contributed by atoms with Gasteiger partial charge in [-0.3, -0.25) is 0 Å². The van der Waals surface area contributed by atoms with Gasteiger partial charge >= 0.3 is 0 Å². The summed E-state index contributed by atoms with van der Waals surface area (Å²) in [5, 5.41) is 0. The van der Waals surface area contributed by atoms with Gasteiger partial charge in [0.25, 0.3) is 0 Å². The molecule has 20 heavy (non-hydrogen) atoms. The molecule has 0 spiro atoms. The number of ether oxygens (including phenoxy) is 2. The summed E-state index contributed by atoms with van der Waals surface area (Å²) in [5.74, 6) is 1.58. The van der Waals surface area contributed by atoms with Crippen molar-refractivity contribution >= 4 is 12.2 Å². The van der Waals surface area contributed by atoms with Crippen molar-refractivity contribution in [2.75, 3.05) is 13.2 Å². The Labute approximate surface area is 122 Å². The minimum atomic E-state index is 0.588. The molecule has 0 atom stereocenters. The molecular weight excluding hydrogens is 272 g/mol. The molecule has 0 saturated carbocycles. The van der Waals surface area contributed by atoms with E-state index in [1.165, 1.54) is 0 Å². The van der Waals surface area contributed by atoms with Crippen LogP contribution in [0, 0.1) is 4.64 Å². The van der Waals surface area contributed by atoms with Gasteiger partial charge in [-0.1, -0.05) is 25.6 Å². The van der Waals surface area contributed by atoms with Gasteiger partial charge in [-0.05, 0) is 24.6 Å². The number of hydrogen-bond donors (Lipinski definition) is 1. The van der Waals surface area contributed by atoms with Gasteiger partial charge in [0, 0.05) is 11.1 Å². The van der Waals surface area contributed by atoms with Crippen molar-refractivity contribution in [3.63, 3.8) is 0 Å². The average molecular weight is 288 g/mol. The first kappa shape index (κ1) is 13.1. The van der Waals surface area contributed by atoms with Crippen LogP contribution in [-0.2, 0) is 6.42 Å². The van der Waals surface area contributed by atoms with Crippen molar-refractivity contribution in [3.05, 3.63) is 34.7 Å². The van der Waals surface area contributed by atoms with Crippen LogP contribution in [0.1, 0.15) is 18.9 Å². The van der Waals surface area contributed by atoms with Gasteiger partial charge < -0.3 is 14.5 Å². The Hall–Kier alpha value is -1.88. The summed E-state index contributed by atoms with van der Waals surface area (Å²) in [4.78, 5) is 7.39. The Bertz CT molecular complexity index is 682. The van der Waals surface area contributed by atoms with E-state index in [1.54, 1.807) is 6.33 Å². The van der Waals surface area contributed by atoms with Gasteiger partial charge in [0.05, 0.1) is 12.0 Å².